The number of benzene rings is 2. The first-order valence-corrected chi connectivity index (χ1v) is 7.27. The van der Waals surface area contributed by atoms with Crippen LogP contribution in [0.3, 0.4) is 0 Å². The lowest BCUT2D eigenvalue weighted by molar-refractivity contribution is 0.102. The monoisotopic (exact) mass is 415 g/mol. The molecule has 0 bridgehead atoms. The predicted octanol–water partition coefficient (Wildman–Crippen LogP) is 4.61. The molecule has 2 aromatic rings. The first kappa shape index (κ1) is 13.5. The van der Waals surface area contributed by atoms with Gasteiger partial charge in [0.05, 0.1) is 5.69 Å². The summed E-state index contributed by atoms with van der Waals surface area (Å²) in [4.78, 5) is 12.1. The van der Waals surface area contributed by atoms with Crippen molar-refractivity contribution in [3.8, 4) is 0 Å². The van der Waals surface area contributed by atoms with E-state index >= 15 is 0 Å². The summed E-state index contributed by atoms with van der Waals surface area (Å²) in [7, 11) is 0. The molecule has 92 valence electrons. The molecule has 0 aliphatic heterocycles. The largest absolute Gasteiger partial charge is 0.321 e. The SMILES string of the molecule is Cc1cccc(NC(=O)c2cccc(I)c2)c1Br. The van der Waals surface area contributed by atoms with Crippen LogP contribution in [0.15, 0.2) is 46.9 Å². The van der Waals surface area contributed by atoms with Crippen molar-refractivity contribution >= 4 is 50.1 Å². The summed E-state index contributed by atoms with van der Waals surface area (Å²) < 4.78 is 1.97. The minimum atomic E-state index is -0.0974. The standard InChI is InChI=1S/C14H11BrINO/c1-9-4-2-7-12(13(9)15)17-14(18)10-5-3-6-11(16)8-10/h2-8H,1H3,(H,17,18). The van der Waals surface area contributed by atoms with Gasteiger partial charge in [-0.25, -0.2) is 0 Å². The number of anilines is 1. The van der Waals surface area contributed by atoms with Gasteiger partial charge in [0, 0.05) is 13.6 Å². The maximum absolute atomic E-state index is 12.1. The lowest BCUT2D eigenvalue weighted by Gasteiger charge is -2.09. The zero-order valence-corrected chi connectivity index (χ0v) is 13.4. The average molecular weight is 416 g/mol. The van der Waals surface area contributed by atoms with Crippen LogP contribution >= 0.6 is 38.5 Å². The van der Waals surface area contributed by atoms with Crippen LogP contribution in [0.1, 0.15) is 15.9 Å². The van der Waals surface area contributed by atoms with E-state index in [9.17, 15) is 4.79 Å². The second-order valence-corrected chi connectivity index (χ2v) is 5.94. The van der Waals surface area contributed by atoms with Crippen molar-refractivity contribution in [2.45, 2.75) is 6.92 Å². The fourth-order valence-corrected chi connectivity index (χ4v) is 2.47. The third kappa shape index (κ3) is 3.11. The first-order valence-electron chi connectivity index (χ1n) is 5.40. The molecule has 0 saturated heterocycles. The van der Waals surface area contributed by atoms with Crippen molar-refractivity contribution < 1.29 is 4.79 Å². The van der Waals surface area contributed by atoms with E-state index in [0.717, 1.165) is 19.3 Å². The normalized spacial score (nSPS) is 10.2. The van der Waals surface area contributed by atoms with Crippen LogP contribution in [0, 0.1) is 10.5 Å². The summed E-state index contributed by atoms with van der Waals surface area (Å²) in [6, 6.07) is 13.3. The van der Waals surface area contributed by atoms with Gasteiger partial charge in [-0.2, -0.15) is 0 Å². The van der Waals surface area contributed by atoms with Gasteiger partial charge in [-0.1, -0.05) is 18.2 Å². The molecule has 0 spiro atoms. The van der Waals surface area contributed by atoms with Gasteiger partial charge in [0.25, 0.3) is 5.91 Å². The smallest absolute Gasteiger partial charge is 0.255 e. The molecule has 0 aromatic heterocycles. The van der Waals surface area contributed by atoms with Crippen molar-refractivity contribution in [3.05, 3.63) is 61.6 Å². The molecule has 4 heteroatoms. The van der Waals surface area contributed by atoms with Crippen molar-refractivity contribution in [1.29, 1.82) is 0 Å². The molecular formula is C14H11BrINO. The zero-order valence-electron chi connectivity index (χ0n) is 9.71. The summed E-state index contributed by atoms with van der Waals surface area (Å²) in [5, 5.41) is 2.91. The number of aryl methyl sites for hydroxylation is 1. The fourth-order valence-electron chi connectivity index (χ4n) is 1.57. The molecule has 0 aliphatic rings. The third-order valence-electron chi connectivity index (χ3n) is 2.53. The molecule has 2 nitrogen and oxygen atoms in total. The number of carbonyl (C=O) groups excluding carboxylic acids is 1. The Kier molecular flexibility index (Phi) is 4.40. The molecule has 0 aliphatic carbocycles. The highest BCUT2D eigenvalue weighted by atomic mass is 127. The second-order valence-electron chi connectivity index (χ2n) is 3.90. The zero-order chi connectivity index (χ0) is 13.1. The number of rotatable bonds is 2. The van der Waals surface area contributed by atoms with Crippen molar-refractivity contribution in [2.24, 2.45) is 0 Å². The van der Waals surface area contributed by atoms with Gasteiger partial charge in [0.15, 0.2) is 0 Å². The van der Waals surface area contributed by atoms with Gasteiger partial charge in [-0.05, 0) is 75.3 Å². The van der Waals surface area contributed by atoms with Gasteiger partial charge in [0.2, 0.25) is 0 Å². The van der Waals surface area contributed by atoms with E-state index in [4.69, 9.17) is 0 Å². The maximum Gasteiger partial charge on any atom is 0.255 e. The summed E-state index contributed by atoms with van der Waals surface area (Å²) in [5.74, 6) is -0.0974. The van der Waals surface area contributed by atoms with Crippen LogP contribution in [0.4, 0.5) is 5.69 Å². The van der Waals surface area contributed by atoms with Crippen LogP contribution in [0.5, 0.6) is 0 Å². The molecule has 2 rings (SSSR count). The van der Waals surface area contributed by atoms with Gasteiger partial charge in [-0.3, -0.25) is 4.79 Å². The van der Waals surface area contributed by atoms with Crippen LogP contribution in [0.25, 0.3) is 0 Å². The van der Waals surface area contributed by atoms with E-state index in [1.807, 2.05) is 43.3 Å². The lowest BCUT2D eigenvalue weighted by atomic mass is 10.2. The van der Waals surface area contributed by atoms with Crippen LogP contribution in [-0.2, 0) is 0 Å². The quantitative estimate of drug-likeness (QED) is 0.712. The highest BCUT2D eigenvalue weighted by Gasteiger charge is 2.09. The molecule has 1 amide bonds. The average Bonchev–Trinajstić information content (AvgIpc) is 2.35. The topological polar surface area (TPSA) is 29.1 Å². The Morgan fingerprint density at radius 1 is 1.22 bits per heavy atom. The predicted molar refractivity (Wildman–Crippen MR) is 86.0 cm³/mol. The fraction of sp³-hybridized carbons (Fsp3) is 0.0714. The molecule has 0 radical (unpaired) electrons. The molecule has 2 aromatic carbocycles. The number of hydrogen-bond donors (Lipinski definition) is 1. The number of hydrogen-bond acceptors (Lipinski definition) is 1. The molecule has 0 fully saturated rings. The minimum Gasteiger partial charge on any atom is -0.321 e. The number of amides is 1. The van der Waals surface area contributed by atoms with Gasteiger partial charge in [-0.15, -0.1) is 0 Å². The Balaban J connectivity index is 2.24. The Labute approximate surface area is 128 Å². The second kappa shape index (κ2) is 5.84. The van der Waals surface area contributed by atoms with Gasteiger partial charge < -0.3 is 5.32 Å². The number of carbonyl (C=O) groups is 1. The van der Waals surface area contributed by atoms with Crippen LogP contribution in [0.2, 0.25) is 0 Å². The molecule has 0 saturated carbocycles. The summed E-state index contributed by atoms with van der Waals surface area (Å²) in [6.45, 7) is 1.99. The molecule has 0 atom stereocenters. The molecule has 0 heterocycles. The van der Waals surface area contributed by atoms with Crippen molar-refractivity contribution in [3.63, 3.8) is 0 Å². The van der Waals surface area contributed by atoms with E-state index in [1.54, 1.807) is 6.07 Å². The Morgan fingerprint density at radius 2 is 1.94 bits per heavy atom. The third-order valence-corrected chi connectivity index (χ3v) is 4.25. The Hall–Kier alpha value is -0.880. The number of halogens is 2. The van der Waals surface area contributed by atoms with Crippen molar-refractivity contribution in [1.82, 2.24) is 0 Å². The highest BCUT2D eigenvalue weighted by Crippen LogP contribution is 2.26. The van der Waals surface area contributed by atoms with E-state index in [1.165, 1.54) is 0 Å². The Bertz CT molecular complexity index is 598. The van der Waals surface area contributed by atoms with E-state index < -0.39 is 0 Å². The van der Waals surface area contributed by atoms with E-state index in [0.29, 0.717) is 5.56 Å². The minimum absolute atomic E-state index is 0.0974. The number of nitrogens with one attached hydrogen (secondary N) is 1. The first-order chi connectivity index (χ1) is 8.58. The van der Waals surface area contributed by atoms with E-state index in [2.05, 4.69) is 43.8 Å². The molecule has 1 N–H and O–H groups in total. The molecular weight excluding hydrogens is 405 g/mol. The Morgan fingerprint density at radius 3 is 2.67 bits per heavy atom. The van der Waals surface area contributed by atoms with Crippen LogP contribution < -0.4 is 5.32 Å². The highest BCUT2D eigenvalue weighted by molar-refractivity contribution is 14.1. The van der Waals surface area contributed by atoms with E-state index in [-0.39, 0.29) is 5.91 Å². The summed E-state index contributed by atoms with van der Waals surface area (Å²) in [5.41, 5.74) is 2.55. The van der Waals surface area contributed by atoms with Gasteiger partial charge >= 0.3 is 0 Å². The van der Waals surface area contributed by atoms with Gasteiger partial charge in [0.1, 0.15) is 0 Å². The van der Waals surface area contributed by atoms with Crippen LogP contribution in [-0.4, -0.2) is 5.91 Å². The molecule has 18 heavy (non-hydrogen) atoms. The summed E-state index contributed by atoms with van der Waals surface area (Å²) >= 11 is 5.67. The lowest BCUT2D eigenvalue weighted by Crippen LogP contribution is -2.12. The maximum atomic E-state index is 12.1. The molecule has 0 unspecified atom stereocenters. The van der Waals surface area contributed by atoms with Crippen molar-refractivity contribution in [2.75, 3.05) is 5.32 Å². The summed E-state index contributed by atoms with van der Waals surface area (Å²) in [6.07, 6.45) is 0.